The number of carbonyl (C=O) groups is 1. The fourth-order valence-electron chi connectivity index (χ4n) is 3.36. The van der Waals surface area contributed by atoms with E-state index in [2.05, 4.69) is 5.32 Å². The maximum Gasteiger partial charge on any atom is 0.251 e. The van der Waals surface area contributed by atoms with Crippen molar-refractivity contribution in [2.45, 2.75) is 31.9 Å². The van der Waals surface area contributed by atoms with Crippen molar-refractivity contribution < 1.29 is 22.7 Å². The highest BCUT2D eigenvalue weighted by Crippen LogP contribution is 2.41. The van der Waals surface area contributed by atoms with Crippen LogP contribution in [-0.4, -0.2) is 40.3 Å². The lowest BCUT2D eigenvalue weighted by Gasteiger charge is -2.38. The molecule has 0 fully saturated rings. The van der Waals surface area contributed by atoms with Crippen molar-refractivity contribution in [2.75, 3.05) is 24.7 Å². The summed E-state index contributed by atoms with van der Waals surface area (Å²) < 4.78 is 36.1. The molecular weight excluding hydrogens is 392 g/mol. The van der Waals surface area contributed by atoms with Crippen LogP contribution in [-0.2, 0) is 10.0 Å². The Morgan fingerprint density at radius 3 is 2.62 bits per heavy atom. The molecule has 0 spiro atoms. The fourth-order valence-corrected chi connectivity index (χ4v) is 3.86. The second-order valence-electron chi connectivity index (χ2n) is 7.78. The molecule has 2 aromatic rings. The minimum absolute atomic E-state index is 0.247. The number of nitrogens with one attached hydrogen (secondary N) is 1. The van der Waals surface area contributed by atoms with Gasteiger partial charge in [-0.25, -0.2) is 8.42 Å². The number of carbonyl (C=O) groups excluding carboxylic acids is 1. The first kappa shape index (κ1) is 21.0. The normalized spacial score (nSPS) is 17.6. The molecule has 0 saturated heterocycles. The van der Waals surface area contributed by atoms with Crippen LogP contribution in [0, 0.1) is 0 Å². The van der Waals surface area contributed by atoms with Crippen LogP contribution in [0.15, 0.2) is 42.5 Å². The summed E-state index contributed by atoms with van der Waals surface area (Å²) in [7, 11) is -0.366. The molecule has 1 N–H and O–H groups in total. The third-order valence-corrected chi connectivity index (χ3v) is 6.16. The summed E-state index contributed by atoms with van der Waals surface area (Å²) in [6, 6.07) is 11.8. The molecule has 0 unspecified atom stereocenters. The van der Waals surface area contributed by atoms with Gasteiger partial charge in [-0.3, -0.25) is 9.10 Å². The molecule has 2 aromatic carbocycles. The lowest BCUT2D eigenvalue weighted by Crippen LogP contribution is -2.41. The van der Waals surface area contributed by atoms with E-state index in [1.54, 1.807) is 31.4 Å². The molecular formula is C21H26N2O5S. The average Bonchev–Trinajstić information content (AvgIpc) is 2.65. The van der Waals surface area contributed by atoms with E-state index in [4.69, 9.17) is 9.47 Å². The van der Waals surface area contributed by atoms with E-state index in [0.717, 1.165) is 16.1 Å². The van der Waals surface area contributed by atoms with E-state index < -0.39 is 15.6 Å². The number of fused-ring (bicyclic) bond motifs is 1. The zero-order valence-corrected chi connectivity index (χ0v) is 18.0. The van der Waals surface area contributed by atoms with Gasteiger partial charge in [0, 0.05) is 30.7 Å². The summed E-state index contributed by atoms with van der Waals surface area (Å²) in [5.41, 5.74) is 1.23. The van der Waals surface area contributed by atoms with E-state index >= 15 is 0 Å². The van der Waals surface area contributed by atoms with Crippen molar-refractivity contribution in [2.24, 2.45) is 0 Å². The number of ether oxygens (including phenoxy) is 2. The van der Waals surface area contributed by atoms with Gasteiger partial charge in [-0.15, -0.1) is 0 Å². The molecule has 1 aliphatic rings. The molecule has 8 heteroatoms. The molecule has 1 atom stereocenters. The first-order valence-corrected chi connectivity index (χ1v) is 11.1. The highest BCUT2D eigenvalue weighted by molar-refractivity contribution is 7.92. The van der Waals surface area contributed by atoms with Gasteiger partial charge < -0.3 is 14.8 Å². The van der Waals surface area contributed by atoms with Crippen molar-refractivity contribution in [3.63, 3.8) is 0 Å². The minimum atomic E-state index is -3.41. The molecule has 7 nitrogen and oxygen atoms in total. The summed E-state index contributed by atoms with van der Waals surface area (Å²) >= 11 is 0. The van der Waals surface area contributed by atoms with E-state index in [9.17, 15) is 13.2 Å². The van der Waals surface area contributed by atoms with Crippen LogP contribution < -0.4 is 19.1 Å². The maximum atomic E-state index is 12.9. The largest absolute Gasteiger partial charge is 0.497 e. The maximum absolute atomic E-state index is 12.9. The molecule has 0 aliphatic carbocycles. The smallest absolute Gasteiger partial charge is 0.251 e. The third-order valence-electron chi connectivity index (χ3n) is 4.95. The molecule has 156 valence electrons. The van der Waals surface area contributed by atoms with Gasteiger partial charge >= 0.3 is 0 Å². The van der Waals surface area contributed by atoms with Gasteiger partial charge in [0.15, 0.2) is 0 Å². The Kier molecular flexibility index (Phi) is 5.49. The number of hydrogen-bond acceptors (Lipinski definition) is 5. The van der Waals surface area contributed by atoms with Crippen molar-refractivity contribution in [3.8, 4) is 11.5 Å². The molecule has 1 heterocycles. The lowest BCUT2D eigenvalue weighted by molar-refractivity contribution is 0.0617. The molecule has 29 heavy (non-hydrogen) atoms. The van der Waals surface area contributed by atoms with Gasteiger partial charge in [-0.05, 0) is 44.2 Å². The first-order valence-electron chi connectivity index (χ1n) is 9.22. The zero-order chi connectivity index (χ0) is 21.4. The Balaban J connectivity index is 1.88. The van der Waals surface area contributed by atoms with Crippen molar-refractivity contribution in [3.05, 3.63) is 53.6 Å². The standard InChI is InChI=1S/C21H26N2O5S/c1-21(2)13-18(17-10-9-16(27-4)12-19(17)28-21)22-20(24)14-7-6-8-15(11-14)23(3)29(5,25)26/h6-12,18H,13H2,1-5H3,(H,22,24)/t18-/m1/s1. The van der Waals surface area contributed by atoms with Crippen LogP contribution in [0.3, 0.4) is 0 Å². The van der Waals surface area contributed by atoms with Gasteiger partial charge in [0.2, 0.25) is 10.0 Å². The Morgan fingerprint density at radius 1 is 1.24 bits per heavy atom. The SMILES string of the molecule is COc1ccc2c(c1)OC(C)(C)C[C@H]2NC(=O)c1cccc(N(C)S(C)(=O)=O)c1. The first-order chi connectivity index (χ1) is 13.5. The molecule has 1 aliphatic heterocycles. The molecule has 0 saturated carbocycles. The third kappa shape index (κ3) is 4.64. The van der Waals surface area contributed by atoms with Crippen LogP contribution in [0.25, 0.3) is 0 Å². The topological polar surface area (TPSA) is 84.9 Å². The second kappa shape index (κ2) is 7.59. The van der Waals surface area contributed by atoms with E-state index in [-0.39, 0.29) is 11.9 Å². The van der Waals surface area contributed by atoms with Crippen molar-refractivity contribution >= 4 is 21.6 Å². The number of anilines is 1. The van der Waals surface area contributed by atoms with Gasteiger partial charge in [-0.2, -0.15) is 0 Å². The molecule has 1 amide bonds. The van der Waals surface area contributed by atoms with Gasteiger partial charge in [0.05, 0.1) is 25.1 Å². The predicted octanol–water partition coefficient (Wildman–Crippen LogP) is 3.12. The monoisotopic (exact) mass is 418 g/mol. The minimum Gasteiger partial charge on any atom is -0.497 e. The number of hydrogen-bond donors (Lipinski definition) is 1. The Morgan fingerprint density at radius 2 is 1.97 bits per heavy atom. The number of nitrogens with zero attached hydrogens (tertiary/aromatic N) is 1. The zero-order valence-electron chi connectivity index (χ0n) is 17.2. The summed E-state index contributed by atoms with van der Waals surface area (Å²) in [6.07, 6.45) is 1.72. The van der Waals surface area contributed by atoms with Crippen molar-refractivity contribution in [1.82, 2.24) is 5.32 Å². The van der Waals surface area contributed by atoms with Crippen molar-refractivity contribution in [1.29, 1.82) is 0 Å². The summed E-state index contributed by atoms with van der Waals surface area (Å²) in [4.78, 5) is 12.9. The lowest BCUT2D eigenvalue weighted by atomic mass is 9.89. The number of rotatable bonds is 5. The van der Waals surface area contributed by atoms with Crippen LogP contribution in [0.4, 0.5) is 5.69 Å². The van der Waals surface area contributed by atoms with E-state index in [1.165, 1.54) is 7.05 Å². The average molecular weight is 419 g/mol. The van der Waals surface area contributed by atoms with Crippen LogP contribution >= 0.6 is 0 Å². The number of sulfonamides is 1. The number of amides is 1. The quantitative estimate of drug-likeness (QED) is 0.806. The highest BCUT2D eigenvalue weighted by atomic mass is 32.2. The molecule has 3 rings (SSSR count). The molecule has 0 bridgehead atoms. The van der Waals surface area contributed by atoms with Gasteiger partial charge in [0.1, 0.15) is 17.1 Å². The van der Waals surface area contributed by atoms with Gasteiger partial charge in [0.25, 0.3) is 5.91 Å². The molecule has 0 radical (unpaired) electrons. The predicted molar refractivity (Wildman–Crippen MR) is 112 cm³/mol. The second-order valence-corrected chi connectivity index (χ2v) is 9.79. The van der Waals surface area contributed by atoms with Crippen LogP contribution in [0.5, 0.6) is 11.5 Å². The van der Waals surface area contributed by atoms with Gasteiger partial charge in [-0.1, -0.05) is 6.07 Å². The van der Waals surface area contributed by atoms with E-state index in [0.29, 0.717) is 29.2 Å². The summed E-state index contributed by atoms with van der Waals surface area (Å²) in [5.74, 6) is 1.08. The molecule has 0 aromatic heterocycles. The van der Waals surface area contributed by atoms with Crippen LogP contribution in [0.2, 0.25) is 0 Å². The van der Waals surface area contributed by atoms with E-state index in [1.807, 2.05) is 32.0 Å². The summed E-state index contributed by atoms with van der Waals surface area (Å²) in [5, 5.41) is 3.06. The fraction of sp³-hybridized carbons (Fsp3) is 0.381. The number of methoxy groups -OCH3 is 1. The Labute approximate surface area is 171 Å². The Hall–Kier alpha value is -2.74. The number of benzene rings is 2. The Bertz CT molecular complexity index is 1030. The van der Waals surface area contributed by atoms with Crippen LogP contribution in [0.1, 0.15) is 42.2 Å². The highest BCUT2D eigenvalue weighted by Gasteiger charge is 2.35. The summed E-state index contributed by atoms with van der Waals surface area (Å²) in [6.45, 7) is 3.94.